The highest BCUT2D eigenvalue weighted by Gasteiger charge is 2.41. The topological polar surface area (TPSA) is 61.4 Å². The zero-order valence-corrected chi connectivity index (χ0v) is 11.4. The molecule has 5 heteroatoms. The second-order valence-corrected chi connectivity index (χ2v) is 6.08. The van der Waals surface area contributed by atoms with Gasteiger partial charge in [-0.1, -0.05) is 12.8 Å². The Morgan fingerprint density at radius 1 is 1.26 bits per heavy atom. The van der Waals surface area contributed by atoms with Crippen molar-refractivity contribution < 1.29 is 9.59 Å². The summed E-state index contributed by atoms with van der Waals surface area (Å²) in [6.45, 7) is 1.93. The van der Waals surface area contributed by atoms with Gasteiger partial charge < -0.3 is 15.5 Å². The number of nitrogens with zero attached hydrogens (tertiary/aromatic N) is 1. The number of nitrogens with one attached hydrogen (secondary N) is 2. The number of likely N-dealkylation sites (tertiary alicyclic amines) is 1. The average Bonchev–Trinajstić information content (AvgIpc) is 3.00. The standard InChI is InChI=1S/C14H23N3O2/c18-13(16-10-4-1-2-5-10)9-17-8-12-11(14(17)19)6-3-7-15-12/h10-12,15H,1-9H2,(H,16,18). The smallest absolute Gasteiger partial charge is 0.239 e. The number of carbonyl (C=O) groups is 2. The molecule has 0 aromatic heterocycles. The van der Waals surface area contributed by atoms with Gasteiger partial charge in [0.25, 0.3) is 0 Å². The Labute approximate surface area is 114 Å². The number of hydrogen-bond acceptors (Lipinski definition) is 3. The predicted octanol–water partition coefficient (Wildman–Crippen LogP) is 0.256. The summed E-state index contributed by atoms with van der Waals surface area (Å²) in [5, 5.41) is 6.45. The first-order chi connectivity index (χ1) is 9.24. The van der Waals surface area contributed by atoms with Crippen molar-refractivity contribution in [3.8, 4) is 0 Å². The maximum Gasteiger partial charge on any atom is 0.239 e. The first kappa shape index (κ1) is 12.9. The molecule has 2 N–H and O–H groups in total. The van der Waals surface area contributed by atoms with E-state index < -0.39 is 0 Å². The highest BCUT2D eigenvalue weighted by molar-refractivity contribution is 5.88. The maximum atomic E-state index is 12.2. The molecule has 1 saturated carbocycles. The summed E-state index contributed by atoms with van der Waals surface area (Å²) < 4.78 is 0. The van der Waals surface area contributed by atoms with Gasteiger partial charge in [-0.3, -0.25) is 9.59 Å². The summed E-state index contributed by atoms with van der Waals surface area (Å²) in [5.41, 5.74) is 0. The Kier molecular flexibility index (Phi) is 3.73. The largest absolute Gasteiger partial charge is 0.352 e. The lowest BCUT2D eigenvalue weighted by molar-refractivity contribution is -0.135. The van der Waals surface area contributed by atoms with Crippen LogP contribution in [0.15, 0.2) is 0 Å². The molecule has 0 radical (unpaired) electrons. The van der Waals surface area contributed by atoms with Crippen molar-refractivity contribution >= 4 is 11.8 Å². The van der Waals surface area contributed by atoms with Crippen LogP contribution in [-0.4, -0.2) is 48.4 Å². The van der Waals surface area contributed by atoms with Crippen molar-refractivity contribution in [2.75, 3.05) is 19.6 Å². The molecular formula is C14H23N3O2. The van der Waals surface area contributed by atoms with E-state index in [-0.39, 0.29) is 30.3 Å². The van der Waals surface area contributed by atoms with Gasteiger partial charge in [0.1, 0.15) is 0 Å². The van der Waals surface area contributed by atoms with Crippen LogP contribution in [0.3, 0.4) is 0 Å². The molecule has 3 rings (SSSR count). The lowest BCUT2D eigenvalue weighted by Gasteiger charge is -2.23. The molecule has 19 heavy (non-hydrogen) atoms. The van der Waals surface area contributed by atoms with Gasteiger partial charge in [-0.05, 0) is 32.2 Å². The van der Waals surface area contributed by atoms with E-state index in [4.69, 9.17) is 0 Å². The molecule has 2 aliphatic heterocycles. The van der Waals surface area contributed by atoms with E-state index >= 15 is 0 Å². The number of amides is 2. The van der Waals surface area contributed by atoms with Crippen LogP contribution in [0.4, 0.5) is 0 Å². The van der Waals surface area contributed by atoms with E-state index in [1.54, 1.807) is 4.90 Å². The highest BCUT2D eigenvalue weighted by atomic mass is 16.2. The minimum Gasteiger partial charge on any atom is -0.352 e. The third-order valence-electron chi connectivity index (χ3n) is 4.68. The Balaban J connectivity index is 1.52. The first-order valence-corrected chi connectivity index (χ1v) is 7.55. The van der Waals surface area contributed by atoms with Crippen molar-refractivity contribution in [3.05, 3.63) is 0 Å². The molecule has 106 valence electrons. The molecule has 5 nitrogen and oxygen atoms in total. The van der Waals surface area contributed by atoms with Crippen molar-refractivity contribution in [2.24, 2.45) is 5.92 Å². The normalized spacial score (nSPS) is 31.6. The Morgan fingerprint density at radius 3 is 2.79 bits per heavy atom. The summed E-state index contributed by atoms with van der Waals surface area (Å²) in [5.74, 6) is 0.283. The van der Waals surface area contributed by atoms with E-state index in [2.05, 4.69) is 10.6 Å². The lowest BCUT2D eigenvalue weighted by atomic mass is 9.94. The summed E-state index contributed by atoms with van der Waals surface area (Å²) in [6, 6.07) is 0.603. The molecular weight excluding hydrogens is 242 g/mol. The van der Waals surface area contributed by atoms with Crippen LogP contribution in [0.5, 0.6) is 0 Å². The zero-order valence-electron chi connectivity index (χ0n) is 11.4. The fourth-order valence-corrected chi connectivity index (χ4v) is 3.66. The second kappa shape index (κ2) is 5.49. The molecule has 2 atom stereocenters. The summed E-state index contributed by atoms with van der Waals surface area (Å²) in [7, 11) is 0. The van der Waals surface area contributed by atoms with Gasteiger partial charge >= 0.3 is 0 Å². The fourth-order valence-electron chi connectivity index (χ4n) is 3.66. The zero-order chi connectivity index (χ0) is 13.2. The van der Waals surface area contributed by atoms with E-state index in [1.807, 2.05) is 0 Å². The molecule has 1 aliphatic carbocycles. The minimum absolute atomic E-state index is 0.0129. The van der Waals surface area contributed by atoms with Gasteiger partial charge in [0.2, 0.25) is 11.8 Å². The third-order valence-corrected chi connectivity index (χ3v) is 4.68. The molecule has 2 saturated heterocycles. The van der Waals surface area contributed by atoms with Crippen molar-refractivity contribution in [2.45, 2.75) is 50.6 Å². The number of piperidine rings is 1. The van der Waals surface area contributed by atoms with Crippen molar-refractivity contribution in [3.63, 3.8) is 0 Å². The fraction of sp³-hybridized carbons (Fsp3) is 0.857. The molecule has 2 heterocycles. The molecule has 2 unspecified atom stereocenters. The van der Waals surface area contributed by atoms with Gasteiger partial charge in [0.15, 0.2) is 0 Å². The van der Waals surface area contributed by atoms with Crippen LogP contribution >= 0.6 is 0 Å². The molecule has 3 aliphatic rings. The Morgan fingerprint density at radius 2 is 2.05 bits per heavy atom. The number of fused-ring (bicyclic) bond motifs is 1. The van der Waals surface area contributed by atoms with Gasteiger partial charge in [-0.15, -0.1) is 0 Å². The quantitative estimate of drug-likeness (QED) is 0.769. The second-order valence-electron chi connectivity index (χ2n) is 6.08. The molecule has 3 fully saturated rings. The molecule has 2 amide bonds. The van der Waals surface area contributed by atoms with Gasteiger partial charge in [-0.25, -0.2) is 0 Å². The maximum absolute atomic E-state index is 12.2. The van der Waals surface area contributed by atoms with E-state index in [9.17, 15) is 9.59 Å². The van der Waals surface area contributed by atoms with E-state index in [0.717, 1.165) is 32.2 Å². The minimum atomic E-state index is 0.0129. The Hall–Kier alpha value is -1.10. The van der Waals surface area contributed by atoms with Crippen molar-refractivity contribution in [1.82, 2.24) is 15.5 Å². The third kappa shape index (κ3) is 2.76. The van der Waals surface area contributed by atoms with E-state index in [1.165, 1.54) is 12.8 Å². The van der Waals surface area contributed by atoms with Crippen LogP contribution < -0.4 is 10.6 Å². The Bertz CT molecular complexity index is 366. The molecule has 0 bridgehead atoms. The van der Waals surface area contributed by atoms with Crippen LogP contribution in [-0.2, 0) is 9.59 Å². The number of carbonyl (C=O) groups excluding carboxylic acids is 2. The monoisotopic (exact) mass is 265 g/mol. The molecule has 0 aromatic carbocycles. The first-order valence-electron chi connectivity index (χ1n) is 7.55. The van der Waals surface area contributed by atoms with Gasteiger partial charge in [0.05, 0.1) is 12.5 Å². The van der Waals surface area contributed by atoms with Crippen LogP contribution in [0, 0.1) is 5.92 Å². The predicted molar refractivity (Wildman–Crippen MR) is 71.5 cm³/mol. The van der Waals surface area contributed by atoms with Gasteiger partial charge in [-0.2, -0.15) is 0 Å². The summed E-state index contributed by atoms with van der Waals surface area (Å²) >= 11 is 0. The van der Waals surface area contributed by atoms with E-state index in [0.29, 0.717) is 12.6 Å². The molecule has 0 spiro atoms. The molecule has 0 aromatic rings. The van der Waals surface area contributed by atoms with Gasteiger partial charge in [0, 0.05) is 18.6 Å². The van der Waals surface area contributed by atoms with Crippen LogP contribution in [0.2, 0.25) is 0 Å². The van der Waals surface area contributed by atoms with Crippen molar-refractivity contribution in [1.29, 1.82) is 0 Å². The summed E-state index contributed by atoms with van der Waals surface area (Å²) in [6.07, 6.45) is 6.63. The average molecular weight is 265 g/mol. The number of rotatable bonds is 3. The van der Waals surface area contributed by atoms with Crippen LogP contribution in [0.25, 0.3) is 0 Å². The highest BCUT2D eigenvalue weighted by Crippen LogP contribution is 2.26. The van der Waals surface area contributed by atoms with Crippen LogP contribution in [0.1, 0.15) is 38.5 Å². The summed E-state index contributed by atoms with van der Waals surface area (Å²) in [4.78, 5) is 25.9. The lowest BCUT2D eigenvalue weighted by Crippen LogP contribution is -2.42. The SMILES string of the molecule is O=C(CN1CC2NCCCC2C1=O)NC1CCCC1. The number of hydrogen-bond donors (Lipinski definition) is 2.